The molecule has 2 aromatic rings. The minimum Gasteiger partial charge on any atom is -0.351 e. The normalized spacial score (nSPS) is 16.7. The van der Waals surface area contributed by atoms with Crippen LogP contribution in [0.15, 0.2) is 41.8 Å². The van der Waals surface area contributed by atoms with Gasteiger partial charge in [-0.3, -0.25) is 9.69 Å². The van der Waals surface area contributed by atoms with Crippen molar-refractivity contribution in [2.24, 2.45) is 7.05 Å². The quantitative estimate of drug-likeness (QED) is 0.698. The number of hydrogen-bond acceptors (Lipinski definition) is 4. The molecule has 6 nitrogen and oxygen atoms in total. The van der Waals surface area contributed by atoms with E-state index >= 15 is 0 Å². The minimum atomic E-state index is -3.46. The molecule has 1 saturated heterocycles. The number of carbonyl (C=O) groups is 1. The van der Waals surface area contributed by atoms with Crippen LogP contribution in [0.3, 0.4) is 0 Å². The smallest absolute Gasteiger partial charge is 0.236 e. The second-order valence-corrected chi connectivity index (χ2v) is 9.02. The van der Waals surface area contributed by atoms with Crippen molar-refractivity contribution >= 4 is 21.9 Å². The Bertz CT molecular complexity index is 970. The van der Waals surface area contributed by atoms with E-state index in [2.05, 4.69) is 0 Å². The van der Waals surface area contributed by atoms with Crippen LogP contribution in [-0.4, -0.2) is 60.7 Å². The summed E-state index contributed by atoms with van der Waals surface area (Å²) >= 11 is 0. The number of aromatic nitrogens is 1. The number of rotatable bonds is 6. The lowest BCUT2D eigenvalue weighted by Gasteiger charge is -2.32. The number of piperazine rings is 1. The van der Waals surface area contributed by atoms with Crippen molar-refractivity contribution < 1.29 is 13.2 Å². The molecule has 150 valence electrons. The molecule has 2 heterocycles. The van der Waals surface area contributed by atoms with Crippen LogP contribution < -0.4 is 0 Å². The van der Waals surface area contributed by atoms with Gasteiger partial charge in [0.05, 0.1) is 6.54 Å². The van der Waals surface area contributed by atoms with Crippen LogP contribution in [0.25, 0.3) is 6.08 Å². The highest BCUT2D eigenvalue weighted by Crippen LogP contribution is 2.16. The molecule has 7 heteroatoms. The highest BCUT2D eigenvalue weighted by Gasteiger charge is 2.26. The van der Waals surface area contributed by atoms with Crippen molar-refractivity contribution in [1.82, 2.24) is 13.8 Å². The molecule has 0 bridgehead atoms. The number of ketones is 1. The van der Waals surface area contributed by atoms with Crippen molar-refractivity contribution in [2.45, 2.75) is 13.8 Å². The molecule has 0 aliphatic carbocycles. The second kappa shape index (κ2) is 8.43. The van der Waals surface area contributed by atoms with E-state index in [1.165, 1.54) is 9.71 Å². The van der Waals surface area contributed by atoms with Crippen LogP contribution in [0.4, 0.5) is 0 Å². The fraction of sp³-hybridized carbons (Fsp3) is 0.381. The Hall–Kier alpha value is -2.22. The van der Waals surface area contributed by atoms with Crippen LogP contribution in [0.5, 0.6) is 0 Å². The zero-order valence-corrected chi connectivity index (χ0v) is 17.4. The average Bonchev–Trinajstić information content (AvgIpc) is 2.95. The molecule has 28 heavy (non-hydrogen) atoms. The predicted octanol–water partition coefficient (Wildman–Crippen LogP) is 2.44. The third-order valence-electron chi connectivity index (χ3n) is 5.37. The van der Waals surface area contributed by atoms with E-state index in [1.807, 2.05) is 66.8 Å². The molecule has 0 amide bonds. The third kappa shape index (κ3) is 4.60. The molecule has 1 fully saturated rings. The maximum absolute atomic E-state index is 12.6. The standard InChI is InChI=1S/C21H27N3O3S/c1-17-15-20(18(2)22(17)3)21(25)16-23-10-12-24(13-11-23)28(26,27)14-9-19-7-5-4-6-8-19/h4-9,14-15H,10-13,16H2,1-3H3/b14-9+. The SMILES string of the molecule is Cc1cc(C(=O)CN2CCN(S(=O)(=O)/C=C/c3ccccc3)CC2)c(C)n1C. The van der Waals surface area contributed by atoms with Crippen LogP contribution in [0.2, 0.25) is 0 Å². The molecule has 1 aromatic heterocycles. The summed E-state index contributed by atoms with van der Waals surface area (Å²) < 4.78 is 28.6. The number of sulfonamides is 1. The number of Topliss-reactive ketones (excluding diaryl/α,β-unsaturated/α-hetero) is 1. The number of hydrogen-bond donors (Lipinski definition) is 0. The number of carbonyl (C=O) groups excluding carboxylic acids is 1. The first-order valence-electron chi connectivity index (χ1n) is 9.39. The largest absolute Gasteiger partial charge is 0.351 e. The van der Waals surface area contributed by atoms with Crippen molar-refractivity contribution in [3.05, 3.63) is 64.3 Å². The fourth-order valence-electron chi connectivity index (χ4n) is 3.38. The molecular weight excluding hydrogens is 374 g/mol. The van der Waals surface area contributed by atoms with E-state index in [9.17, 15) is 13.2 Å². The molecule has 0 N–H and O–H groups in total. The minimum absolute atomic E-state index is 0.0847. The van der Waals surface area contributed by atoms with Crippen LogP contribution in [0.1, 0.15) is 27.3 Å². The molecule has 0 saturated carbocycles. The third-order valence-corrected chi connectivity index (χ3v) is 6.93. The molecule has 0 radical (unpaired) electrons. The van der Waals surface area contributed by atoms with Gasteiger partial charge in [0.15, 0.2) is 5.78 Å². The average molecular weight is 402 g/mol. The summed E-state index contributed by atoms with van der Waals surface area (Å²) in [7, 11) is -1.50. The number of benzene rings is 1. The monoisotopic (exact) mass is 401 g/mol. The molecule has 0 spiro atoms. The summed E-state index contributed by atoms with van der Waals surface area (Å²) in [5, 5.41) is 1.26. The highest BCUT2D eigenvalue weighted by molar-refractivity contribution is 7.92. The first-order chi connectivity index (χ1) is 13.3. The first-order valence-corrected chi connectivity index (χ1v) is 10.9. The Kier molecular flexibility index (Phi) is 6.17. The maximum atomic E-state index is 12.6. The summed E-state index contributed by atoms with van der Waals surface area (Å²) in [4.78, 5) is 14.7. The molecule has 1 aliphatic heterocycles. The summed E-state index contributed by atoms with van der Waals surface area (Å²) in [5.74, 6) is 0.0847. The van der Waals surface area contributed by atoms with Crippen LogP contribution in [0, 0.1) is 13.8 Å². The molecule has 1 aliphatic rings. The molecular formula is C21H27N3O3S. The molecule has 3 rings (SSSR count). The summed E-state index contributed by atoms with van der Waals surface area (Å²) in [6.45, 7) is 6.13. The summed E-state index contributed by atoms with van der Waals surface area (Å²) in [5.41, 5.74) is 3.63. The Balaban J connectivity index is 1.57. The van der Waals surface area contributed by atoms with E-state index in [4.69, 9.17) is 0 Å². The number of aryl methyl sites for hydroxylation is 1. The summed E-state index contributed by atoms with van der Waals surface area (Å²) in [6, 6.07) is 11.3. The van der Waals surface area contributed by atoms with Gasteiger partial charge in [-0.2, -0.15) is 4.31 Å². The van der Waals surface area contributed by atoms with Gasteiger partial charge in [0.2, 0.25) is 10.0 Å². The highest BCUT2D eigenvalue weighted by atomic mass is 32.2. The fourth-order valence-corrected chi connectivity index (χ4v) is 4.56. The van der Waals surface area contributed by atoms with E-state index in [0.717, 1.165) is 22.5 Å². The molecule has 0 atom stereocenters. The Morgan fingerprint density at radius 2 is 1.71 bits per heavy atom. The lowest BCUT2D eigenvalue weighted by molar-refractivity contribution is 0.0901. The number of nitrogens with zero attached hydrogens (tertiary/aromatic N) is 3. The Labute approximate surface area is 167 Å². The zero-order valence-electron chi connectivity index (χ0n) is 16.6. The van der Waals surface area contributed by atoms with Gasteiger partial charge in [-0.25, -0.2) is 8.42 Å². The van der Waals surface area contributed by atoms with Crippen molar-refractivity contribution in [2.75, 3.05) is 32.7 Å². The van der Waals surface area contributed by atoms with E-state index < -0.39 is 10.0 Å². The lowest BCUT2D eigenvalue weighted by atomic mass is 10.1. The van der Waals surface area contributed by atoms with Gasteiger partial charge in [0.25, 0.3) is 0 Å². The Morgan fingerprint density at radius 3 is 2.29 bits per heavy atom. The van der Waals surface area contributed by atoms with Gasteiger partial charge in [-0.1, -0.05) is 30.3 Å². The van der Waals surface area contributed by atoms with Crippen LogP contribution in [-0.2, 0) is 17.1 Å². The first kappa shape index (κ1) is 20.5. The van der Waals surface area contributed by atoms with E-state index in [1.54, 1.807) is 6.08 Å². The molecule has 0 unspecified atom stereocenters. The maximum Gasteiger partial charge on any atom is 0.236 e. The predicted molar refractivity (Wildman–Crippen MR) is 112 cm³/mol. The zero-order chi connectivity index (χ0) is 20.3. The van der Waals surface area contributed by atoms with Gasteiger partial charge in [-0.15, -0.1) is 0 Å². The van der Waals surface area contributed by atoms with Gasteiger partial charge >= 0.3 is 0 Å². The second-order valence-electron chi connectivity index (χ2n) is 7.20. The van der Waals surface area contributed by atoms with Crippen molar-refractivity contribution in [1.29, 1.82) is 0 Å². The lowest BCUT2D eigenvalue weighted by Crippen LogP contribution is -2.49. The molecule has 1 aromatic carbocycles. The van der Waals surface area contributed by atoms with Gasteiger partial charge in [0.1, 0.15) is 0 Å². The Morgan fingerprint density at radius 1 is 1.07 bits per heavy atom. The van der Waals surface area contributed by atoms with E-state index in [-0.39, 0.29) is 5.78 Å². The van der Waals surface area contributed by atoms with Crippen molar-refractivity contribution in [3.63, 3.8) is 0 Å². The summed E-state index contributed by atoms with van der Waals surface area (Å²) in [6.07, 6.45) is 1.62. The van der Waals surface area contributed by atoms with Crippen LogP contribution >= 0.6 is 0 Å². The topological polar surface area (TPSA) is 62.6 Å². The van der Waals surface area contributed by atoms with E-state index in [0.29, 0.717) is 32.7 Å². The van der Waals surface area contributed by atoms with Gasteiger partial charge in [0, 0.05) is 55.6 Å². The van der Waals surface area contributed by atoms with Gasteiger partial charge in [-0.05, 0) is 31.6 Å². The van der Waals surface area contributed by atoms with Crippen molar-refractivity contribution in [3.8, 4) is 0 Å². The van der Waals surface area contributed by atoms with Gasteiger partial charge < -0.3 is 4.57 Å².